The van der Waals surface area contributed by atoms with Crippen molar-refractivity contribution in [3.05, 3.63) is 0 Å². The van der Waals surface area contributed by atoms with E-state index in [0.717, 1.165) is 6.42 Å². The van der Waals surface area contributed by atoms with Crippen LogP contribution in [0.1, 0.15) is 13.3 Å². The summed E-state index contributed by atoms with van der Waals surface area (Å²) in [5, 5.41) is 11.3. The minimum atomic E-state index is 0.00694. The first-order valence-electron chi connectivity index (χ1n) is 3.15. The van der Waals surface area contributed by atoms with E-state index in [1.807, 2.05) is 6.92 Å². The lowest BCUT2D eigenvalue weighted by Crippen LogP contribution is -2.28. The number of aliphatic hydroxyl groups excluding tert-OH is 1. The molecule has 0 saturated carbocycles. The van der Waals surface area contributed by atoms with E-state index in [4.69, 9.17) is 5.11 Å². The van der Waals surface area contributed by atoms with Crippen molar-refractivity contribution in [3.8, 4) is 0 Å². The third-order valence-electron chi connectivity index (χ3n) is 1.65. The number of amides is 1. The molecule has 0 aromatic rings. The fourth-order valence-corrected chi connectivity index (χ4v) is 1.06. The number of aliphatic hydroxyl groups is 1. The number of hydrogen-bond donors (Lipinski definition) is 2. The van der Waals surface area contributed by atoms with Crippen molar-refractivity contribution in [1.29, 1.82) is 0 Å². The van der Waals surface area contributed by atoms with Crippen molar-refractivity contribution in [2.75, 3.05) is 6.61 Å². The van der Waals surface area contributed by atoms with E-state index in [2.05, 4.69) is 5.32 Å². The van der Waals surface area contributed by atoms with Crippen LogP contribution >= 0.6 is 0 Å². The number of rotatable bonds is 1. The molecular formula is C6H11NO2. The fourth-order valence-electron chi connectivity index (χ4n) is 1.06. The zero-order valence-electron chi connectivity index (χ0n) is 5.42. The van der Waals surface area contributed by atoms with Crippen molar-refractivity contribution < 1.29 is 9.90 Å². The Morgan fingerprint density at radius 1 is 1.89 bits per heavy atom. The predicted molar refractivity (Wildman–Crippen MR) is 32.8 cm³/mol. The first kappa shape index (κ1) is 6.55. The second-order valence-electron chi connectivity index (χ2n) is 2.52. The minimum absolute atomic E-state index is 0.00694. The van der Waals surface area contributed by atoms with Crippen molar-refractivity contribution in [3.63, 3.8) is 0 Å². The van der Waals surface area contributed by atoms with E-state index in [1.54, 1.807) is 0 Å². The van der Waals surface area contributed by atoms with E-state index >= 15 is 0 Å². The Morgan fingerprint density at radius 2 is 2.56 bits per heavy atom. The van der Waals surface area contributed by atoms with Crippen LogP contribution in [0.5, 0.6) is 0 Å². The summed E-state index contributed by atoms with van der Waals surface area (Å²) in [5.41, 5.74) is 0. The number of hydrogen-bond acceptors (Lipinski definition) is 2. The molecule has 0 aromatic carbocycles. The van der Waals surface area contributed by atoms with Crippen LogP contribution in [0, 0.1) is 5.92 Å². The van der Waals surface area contributed by atoms with Gasteiger partial charge in [-0.3, -0.25) is 4.79 Å². The van der Waals surface area contributed by atoms with Gasteiger partial charge in [-0.1, -0.05) is 6.92 Å². The quantitative estimate of drug-likeness (QED) is 0.501. The molecule has 1 saturated heterocycles. The average Bonchev–Trinajstić information content (AvgIpc) is 2.13. The molecule has 1 fully saturated rings. The Hall–Kier alpha value is -0.570. The maximum absolute atomic E-state index is 10.7. The topological polar surface area (TPSA) is 49.3 Å². The Kier molecular flexibility index (Phi) is 1.71. The van der Waals surface area contributed by atoms with Gasteiger partial charge in [0.15, 0.2) is 0 Å². The third-order valence-corrected chi connectivity index (χ3v) is 1.65. The molecule has 0 bridgehead atoms. The highest BCUT2D eigenvalue weighted by Crippen LogP contribution is 2.12. The summed E-state index contributed by atoms with van der Waals surface area (Å²) in [5.74, 6) is 0.149. The number of carbonyl (C=O) groups excluding carboxylic acids is 1. The van der Waals surface area contributed by atoms with Gasteiger partial charge < -0.3 is 10.4 Å². The summed E-state index contributed by atoms with van der Waals surface area (Å²) in [6, 6.07) is 0.00694. The Morgan fingerprint density at radius 3 is 2.78 bits per heavy atom. The van der Waals surface area contributed by atoms with Crippen LogP contribution in [-0.2, 0) is 4.79 Å². The van der Waals surface area contributed by atoms with Gasteiger partial charge >= 0.3 is 0 Å². The van der Waals surface area contributed by atoms with Gasteiger partial charge in [0.05, 0.1) is 12.6 Å². The highest BCUT2D eigenvalue weighted by atomic mass is 16.3. The molecule has 1 rings (SSSR count). The summed E-state index contributed by atoms with van der Waals surface area (Å²) in [6.45, 7) is 1.93. The molecule has 0 spiro atoms. The lowest BCUT2D eigenvalue weighted by molar-refractivity contribution is -0.122. The van der Waals surface area contributed by atoms with Gasteiger partial charge in [0.25, 0.3) is 0 Å². The maximum atomic E-state index is 10.7. The Labute approximate surface area is 54.1 Å². The normalized spacial score (nSPS) is 34.7. The van der Waals surface area contributed by atoms with Crippen LogP contribution in [0.15, 0.2) is 0 Å². The lowest BCUT2D eigenvalue weighted by Gasteiger charge is -2.01. The van der Waals surface area contributed by atoms with Gasteiger partial charge in [-0.05, 0) is 6.42 Å². The van der Waals surface area contributed by atoms with Gasteiger partial charge in [-0.2, -0.15) is 0 Å². The largest absolute Gasteiger partial charge is 0.394 e. The molecule has 0 aromatic heterocycles. The highest BCUT2D eigenvalue weighted by molar-refractivity contribution is 5.80. The fraction of sp³-hybridized carbons (Fsp3) is 0.833. The van der Waals surface area contributed by atoms with Crippen molar-refractivity contribution in [1.82, 2.24) is 5.32 Å². The van der Waals surface area contributed by atoms with Crippen LogP contribution in [0.3, 0.4) is 0 Å². The van der Waals surface area contributed by atoms with Crippen molar-refractivity contribution in [2.45, 2.75) is 19.4 Å². The predicted octanol–water partition coefficient (Wildman–Crippen LogP) is -0.497. The number of carbonyl (C=O) groups is 1. The van der Waals surface area contributed by atoms with Gasteiger partial charge in [0.2, 0.25) is 5.91 Å². The first-order chi connectivity index (χ1) is 4.24. The van der Waals surface area contributed by atoms with Crippen LogP contribution in [0.4, 0.5) is 0 Å². The molecule has 1 heterocycles. The summed E-state index contributed by atoms with van der Waals surface area (Å²) < 4.78 is 0. The van der Waals surface area contributed by atoms with E-state index in [0.29, 0.717) is 0 Å². The second-order valence-corrected chi connectivity index (χ2v) is 2.52. The molecule has 0 aliphatic carbocycles. The van der Waals surface area contributed by atoms with Gasteiger partial charge in [0.1, 0.15) is 0 Å². The first-order valence-corrected chi connectivity index (χ1v) is 3.15. The van der Waals surface area contributed by atoms with Gasteiger partial charge in [-0.25, -0.2) is 0 Å². The SMILES string of the molecule is C[C@@H]1C[C@H](CO)NC1=O. The highest BCUT2D eigenvalue weighted by Gasteiger charge is 2.27. The zero-order chi connectivity index (χ0) is 6.85. The molecule has 0 radical (unpaired) electrons. The monoisotopic (exact) mass is 129 g/mol. The molecule has 1 aliphatic heterocycles. The van der Waals surface area contributed by atoms with Crippen molar-refractivity contribution >= 4 is 5.91 Å². The van der Waals surface area contributed by atoms with E-state index in [-0.39, 0.29) is 24.5 Å². The Balaban J connectivity index is 2.44. The maximum Gasteiger partial charge on any atom is 0.223 e. The molecule has 9 heavy (non-hydrogen) atoms. The summed E-state index contributed by atoms with van der Waals surface area (Å²) >= 11 is 0. The summed E-state index contributed by atoms with van der Waals surface area (Å²) in [4.78, 5) is 10.7. The zero-order valence-corrected chi connectivity index (χ0v) is 5.42. The van der Waals surface area contributed by atoms with Crippen LogP contribution in [-0.4, -0.2) is 23.7 Å². The summed E-state index contributed by atoms with van der Waals surface area (Å²) in [7, 11) is 0. The molecule has 0 unspecified atom stereocenters. The third kappa shape index (κ3) is 1.21. The number of nitrogens with one attached hydrogen (secondary N) is 1. The van der Waals surface area contributed by atoms with Crippen LogP contribution < -0.4 is 5.32 Å². The van der Waals surface area contributed by atoms with E-state index in [1.165, 1.54) is 0 Å². The van der Waals surface area contributed by atoms with E-state index < -0.39 is 0 Å². The average molecular weight is 129 g/mol. The summed E-state index contributed by atoms with van der Waals surface area (Å²) in [6.07, 6.45) is 0.773. The molecule has 1 amide bonds. The van der Waals surface area contributed by atoms with Crippen LogP contribution in [0.2, 0.25) is 0 Å². The molecule has 1 aliphatic rings. The second kappa shape index (κ2) is 2.35. The molecule has 3 heteroatoms. The minimum Gasteiger partial charge on any atom is -0.394 e. The van der Waals surface area contributed by atoms with Gasteiger partial charge in [-0.15, -0.1) is 0 Å². The molecule has 3 nitrogen and oxygen atoms in total. The molecule has 2 atom stereocenters. The van der Waals surface area contributed by atoms with Crippen LogP contribution in [0.25, 0.3) is 0 Å². The molecular weight excluding hydrogens is 118 g/mol. The smallest absolute Gasteiger partial charge is 0.223 e. The lowest BCUT2D eigenvalue weighted by atomic mass is 10.1. The standard InChI is InChI=1S/C6H11NO2/c1-4-2-5(3-8)7-6(4)9/h4-5,8H,2-3H2,1H3,(H,7,9)/t4-,5-/m1/s1. The Bertz CT molecular complexity index is 124. The van der Waals surface area contributed by atoms with E-state index in [9.17, 15) is 4.79 Å². The van der Waals surface area contributed by atoms with Gasteiger partial charge in [0, 0.05) is 5.92 Å². The molecule has 2 N–H and O–H groups in total. The molecule has 52 valence electrons. The van der Waals surface area contributed by atoms with Crippen molar-refractivity contribution in [2.24, 2.45) is 5.92 Å².